The second-order valence-corrected chi connectivity index (χ2v) is 5.04. The van der Waals surface area contributed by atoms with E-state index in [9.17, 15) is 9.65 Å². The van der Waals surface area contributed by atoms with Crippen molar-refractivity contribution in [2.24, 2.45) is 0 Å². The second kappa shape index (κ2) is 4.78. The summed E-state index contributed by atoms with van der Waals surface area (Å²) in [5.41, 5.74) is 2.60. The average molecular weight is 294 g/mol. The van der Waals surface area contributed by atoms with E-state index in [0.717, 1.165) is 11.1 Å². The SMILES string of the molecule is N#Cc1c(-c2ccc3c(c2)OCCO3)[nH]c2ccc(F)cc12. The molecule has 22 heavy (non-hydrogen) atoms. The maximum Gasteiger partial charge on any atom is 0.162 e. The Morgan fingerprint density at radius 3 is 2.68 bits per heavy atom. The predicted octanol–water partition coefficient (Wildman–Crippen LogP) is 3.62. The van der Waals surface area contributed by atoms with Crippen LogP contribution < -0.4 is 9.47 Å². The number of hydrogen-bond donors (Lipinski definition) is 1. The number of fused-ring (bicyclic) bond motifs is 2. The van der Waals surface area contributed by atoms with Crippen LogP contribution in [0.1, 0.15) is 5.56 Å². The van der Waals surface area contributed by atoms with Crippen molar-refractivity contribution in [3.8, 4) is 28.8 Å². The zero-order valence-corrected chi connectivity index (χ0v) is 11.5. The molecule has 2 aromatic carbocycles. The fourth-order valence-corrected chi connectivity index (χ4v) is 2.70. The van der Waals surface area contributed by atoms with Crippen LogP contribution in [0.15, 0.2) is 36.4 Å². The van der Waals surface area contributed by atoms with Crippen molar-refractivity contribution >= 4 is 10.9 Å². The Balaban J connectivity index is 1.92. The topological polar surface area (TPSA) is 58.0 Å². The zero-order chi connectivity index (χ0) is 15.1. The molecule has 1 N–H and O–H groups in total. The van der Waals surface area contributed by atoms with Gasteiger partial charge in [-0.05, 0) is 36.4 Å². The third-order valence-electron chi connectivity index (χ3n) is 3.70. The van der Waals surface area contributed by atoms with Crippen LogP contribution in [0.2, 0.25) is 0 Å². The van der Waals surface area contributed by atoms with E-state index in [1.165, 1.54) is 12.1 Å². The third kappa shape index (κ3) is 1.89. The van der Waals surface area contributed by atoms with Crippen molar-refractivity contribution in [1.82, 2.24) is 4.98 Å². The van der Waals surface area contributed by atoms with Crippen LogP contribution in [0.4, 0.5) is 4.39 Å². The number of hydrogen-bond acceptors (Lipinski definition) is 3. The summed E-state index contributed by atoms with van der Waals surface area (Å²) in [6.07, 6.45) is 0. The van der Waals surface area contributed by atoms with E-state index in [1.807, 2.05) is 18.2 Å². The maximum atomic E-state index is 13.4. The molecule has 0 atom stereocenters. The van der Waals surface area contributed by atoms with Crippen molar-refractivity contribution < 1.29 is 13.9 Å². The zero-order valence-electron chi connectivity index (χ0n) is 11.5. The molecule has 0 saturated heterocycles. The average Bonchev–Trinajstić information content (AvgIpc) is 2.92. The van der Waals surface area contributed by atoms with Gasteiger partial charge in [-0.1, -0.05) is 0 Å². The number of benzene rings is 2. The Bertz CT molecular complexity index is 924. The van der Waals surface area contributed by atoms with Crippen molar-refractivity contribution in [2.45, 2.75) is 0 Å². The summed E-state index contributed by atoms with van der Waals surface area (Å²) in [5.74, 6) is 0.977. The number of ether oxygens (including phenoxy) is 2. The summed E-state index contributed by atoms with van der Waals surface area (Å²) in [7, 11) is 0. The van der Waals surface area contributed by atoms with E-state index in [-0.39, 0.29) is 5.82 Å². The lowest BCUT2D eigenvalue weighted by Gasteiger charge is -2.18. The molecule has 4 rings (SSSR count). The molecule has 0 unspecified atom stereocenters. The molecule has 0 amide bonds. The van der Waals surface area contributed by atoms with Crippen LogP contribution in [-0.4, -0.2) is 18.2 Å². The molecular weight excluding hydrogens is 283 g/mol. The molecule has 3 aromatic rings. The molecule has 2 heterocycles. The Hall–Kier alpha value is -3.00. The molecule has 4 nitrogen and oxygen atoms in total. The largest absolute Gasteiger partial charge is 0.486 e. The highest BCUT2D eigenvalue weighted by molar-refractivity contribution is 5.93. The first kappa shape index (κ1) is 12.7. The highest BCUT2D eigenvalue weighted by Gasteiger charge is 2.17. The number of nitrogens with one attached hydrogen (secondary N) is 1. The van der Waals surface area contributed by atoms with E-state index < -0.39 is 0 Å². The van der Waals surface area contributed by atoms with Crippen molar-refractivity contribution in [1.29, 1.82) is 5.26 Å². The lowest BCUT2D eigenvalue weighted by Crippen LogP contribution is -2.15. The molecule has 1 aliphatic heterocycles. The van der Waals surface area contributed by atoms with Crippen LogP contribution >= 0.6 is 0 Å². The monoisotopic (exact) mass is 294 g/mol. The molecule has 0 spiro atoms. The standard InChI is InChI=1S/C17H11FN2O2/c18-11-2-3-14-12(8-11)13(9-19)17(20-14)10-1-4-15-16(7-10)22-6-5-21-15/h1-4,7-8,20H,5-6H2. The Morgan fingerprint density at radius 1 is 1.05 bits per heavy atom. The molecule has 0 radical (unpaired) electrons. The van der Waals surface area contributed by atoms with Gasteiger partial charge in [0.2, 0.25) is 0 Å². The van der Waals surface area contributed by atoms with Gasteiger partial charge in [0.05, 0.1) is 11.3 Å². The fourth-order valence-electron chi connectivity index (χ4n) is 2.70. The van der Waals surface area contributed by atoms with Gasteiger partial charge in [-0.2, -0.15) is 5.26 Å². The summed E-state index contributed by atoms with van der Waals surface area (Å²) in [5, 5.41) is 10.0. The molecular formula is C17H11FN2O2. The molecule has 0 aliphatic carbocycles. The molecule has 0 saturated carbocycles. The van der Waals surface area contributed by atoms with Gasteiger partial charge in [-0.25, -0.2) is 4.39 Å². The molecule has 1 aromatic heterocycles. The molecule has 108 valence electrons. The smallest absolute Gasteiger partial charge is 0.162 e. The Morgan fingerprint density at radius 2 is 1.86 bits per heavy atom. The minimum absolute atomic E-state index is 0.364. The Labute approximate surface area is 125 Å². The predicted molar refractivity (Wildman–Crippen MR) is 79.4 cm³/mol. The van der Waals surface area contributed by atoms with Gasteiger partial charge < -0.3 is 14.5 Å². The normalized spacial score (nSPS) is 13.1. The number of rotatable bonds is 1. The number of H-pyrrole nitrogens is 1. The first-order chi connectivity index (χ1) is 10.8. The number of nitriles is 1. The summed E-state index contributed by atoms with van der Waals surface area (Å²) in [6, 6.07) is 12.0. The van der Waals surface area contributed by atoms with E-state index in [0.29, 0.717) is 41.4 Å². The van der Waals surface area contributed by atoms with Crippen molar-refractivity contribution in [3.05, 3.63) is 47.8 Å². The van der Waals surface area contributed by atoms with Crippen LogP contribution in [0.3, 0.4) is 0 Å². The minimum Gasteiger partial charge on any atom is -0.486 e. The van der Waals surface area contributed by atoms with Crippen LogP contribution in [-0.2, 0) is 0 Å². The van der Waals surface area contributed by atoms with E-state index in [4.69, 9.17) is 9.47 Å². The molecule has 0 fully saturated rings. The van der Waals surface area contributed by atoms with Gasteiger partial charge in [0.25, 0.3) is 0 Å². The summed E-state index contributed by atoms with van der Waals surface area (Å²) < 4.78 is 24.5. The van der Waals surface area contributed by atoms with Crippen molar-refractivity contribution in [3.63, 3.8) is 0 Å². The van der Waals surface area contributed by atoms with Gasteiger partial charge in [0, 0.05) is 16.5 Å². The highest BCUT2D eigenvalue weighted by atomic mass is 19.1. The van der Waals surface area contributed by atoms with Gasteiger partial charge in [0.1, 0.15) is 25.1 Å². The maximum absolute atomic E-state index is 13.4. The first-order valence-electron chi connectivity index (χ1n) is 6.87. The van der Waals surface area contributed by atoms with E-state index in [2.05, 4.69) is 11.1 Å². The second-order valence-electron chi connectivity index (χ2n) is 5.04. The number of aromatic amines is 1. The number of halogens is 1. The minimum atomic E-state index is -0.364. The Kier molecular flexibility index (Phi) is 2.76. The molecule has 1 aliphatic rings. The van der Waals surface area contributed by atoms with Crippen LogP contribution in [0, 0.1) is 17.1 Å². The third-order valence-corrected chi connectivity index (χ3v) is 3.70. The lowest BCUT2D eigenvalue weighted by molar-refractivity contribution is 0.171. The fraction of sp³-hybridized carbons (Fsp3) is 0.118. The van der Waals surface area contributed by atoms with Crippen molar-refractivity contribution in [2.75, 3.05) is 13.2 Å². The van der Waals surface area contributed by atoms with Gasteiger partial charge >= 0.3 is 0 Å². The van der Waals surface area contributed by atoms with E-state index in [1.54, 1.807) is 6.07 Å². The van der Waals surface area contributed by atoms with Gasteiger partial charge in [-0.3, -0.25) is 0 Å². The van der Waals surface area contributed by atoms with Gasteiger partial charge in [0.15, 0.2) is 11.5 Å². The van der Waals surface area contributed by atoms with Crippen LogP contribution in [0.25, 0.3) is 22.2 Å². The summed E-state index contributed by atoms with van der Waals surface area (Å²) in [6.45, 7) is 1.03. The summed E-state index contributed by atoms with van der Waals surface area (Å²) in [4.78, 5) is 3.18. The lowest BCUT2D eigenvalue weighted by atomic mass is 10.1. The number of nitrogens with zero attached hydrogens (tertiary/aromatic N) is 1. The van der Waals surface area contributed by atoms with E-state index >= 15 is 0 Å². The van der Waals surface area contributed by atoms with Gasteiger partial charge in [-0.15, -0.1) is 0 Å². The number of aromatic nitrogens is 1. The van der Waals surface area contributed by atoms with Crippen LogP contribution in [0.5, 0.6) is 11.5 Å². The first-order valence-corrected chi connectivity index (χ1v) is 6.87. The molecule has 0 bridgehead atoms. The quantitative estimate of drug-likeness (QED) is 0.745. The summed E-state index contributed by atoms with van der Waals surface area (Å²) >= 11 is 0. The molecule has 5 heteroatoms. The highest BCUT2D eigenvalue weighted by Crippen LogP contribution is 2.37.